The molecule has 0 rings (SSSR count). The van der Waals surface area contributed by atoms with E-state index in [0.717, 1.165) is 0 Å². The van der Waals surface area contributed by atoms with Gasteiger partial charge in [0.15, 0.2) is 0 Å². The van der Waals surface area contributed by atoms with Gasteiger partial charge in [-0.05, 0) is 34.5 Å². The van der Waals surface area contributed by atoms with E-state index in [1.807, 2.05) is 28.1 Å². The van der Waals surface area contributed by atoms with E-state index in [1.165, 1.54) is 0 Å². The SMILES string of the molecule is CNC(C)C(CC(N)CC(=O)O)(NC)NC. The van der Waals surface area contributed by atoms with Crippen molar-refractivity contribution in [3.8, 4) is 0 Å². The Morgan fingerprint density at radius 2 is 1.88 bits per heavy atom. The second kappa shape index (κ2) is 6.80. The Bertz CT molecular complexity index is 219. The Labute approximate surface area is 97.0 Å². The van der Waals surface area contributed by atoms with Crippen LogP contribution in [-0.4, -0.2) is 50.0 Å². The number of carboxylic acids is 1. The van der Waals surface area contributed by atoms with E-state index in [0.29, 0.717) is 6.42 Å². The molecule has 2 atom stereocenters. The molecule has 0 aromatic heterocycles. The van der Waals surface area contributed by atoms with Crippen molar-refractivity contribution < 1.29 is 9.90 Å². The van der Waals surface area contributed by atoms with Crippen LogP contribution in [0.1, 0.15) is 19.8 Å². The molecule has 0 aliphatic heterocycles. The first-order chi connectivity index (χ1) is 7.41. The van der Waals surface area contributed by atoms with Crippen LogP contribution in [-0.2, 0) is 4.79 Å². The summed E-state index contributed by atoms with van der Waals surface area (Å²) in [6.45, 7) is 2.01. The Balaban J connectivity index is 4.59. The normalized spacial score (nSPS) is 15.8. The maximum Gasteiger partial charge on any atom is 0.304 e. The van der Waals surface area contributed by atoms with Crippen LogP contribution in [0.5, 0.6) is 0 Å². The second-order valence-electron chi connectivity index (χ2n) is 4.04. The molecule has 16 heavy (non-hydrogen) atoms. The fourth-order valence-electron chi connectivity index (χ4n) is 1.90. The molecular weight excluding hydrogens is 208 g/mol. The van der Waals surface area contributed by atoms with Gasteiger partial charge in [-0.25, -0.2) is 0 Å². The highest BCUT2D eigenvalue weighted by atomic mass is 16.4. The minimum atomic E-state index is -0.870. The largest absolute Gasteiger partial charge is 0.481 e. The van der Waals surface area contributed by atoms with Gasteiger partial charge < -0.3 is 26.8 Å². The van der Waals surface area contributed by atoms with Gasteiger partial charge in [-0.3, -0.25) is 4.79 Å². The highest BCUT2D eigenvalue weighted by molar-refractivity contribution is 5.67. The van der Waals surface area contributed by atoms with Crippen LogP contribution >= 0.6 is 0 Å². The number of hydrogen-bond donors (Lipinski definition) is 5. The smallest absolute Gasteiger partial charge is 0.304 e. The first-order valence-electron chi connectivity index (χ1n) is 5.44. The standard InChI is InChI=1S/C10H24N4O2/c1-7(12-2)10(13-3,14-4)6-8(11)5-9(15)16/h7-8,12-14H,5-6,11H2,1-4H3,(H,15,16). The molecule has 0 aliphatic rings. The van der Waals surface area contributed by atoms with Gasteiger partial charge >= 0.3 is 5.97 Å². The number of nitrogens with one attached hydrogen (secondary N) is 3. The summed E-state index contributed by atoms with van der Waals surface area (Å²) in [6, 6.07) is -0.254. The lowest BCUT2D eigenvalue weighted by Gasteiger charge is -2.40. The van der Waals surface area contributed by atoms with Gasteiger partial charge in [0.1, 0.15) is 0 Å². The van der Waals surface area contributed by atoms with Gasteiger partial charge in [-0.2, -0.15) is 0 Å². The van der Waals surface area contributed by atoms with Crippen LogP contribution in [0.15, 0.2) is 0 Å². The number of nitrogens with two attached hydrogens (primary N) is 1. The van der Waals surface area contributed by atoms with Crippen molar-refractivity contribution in [1.29, 1.82) is 0 Å². The molecule has 0 spiro atoms. The minimum absolute atomic E-state index is 0.0262. The second-order valence-corrected chi connectivity index (χ2v) is 4.04. The van der Waals surface area contributed by atoms with E-state index in [1.54, 1.807) is 0 Å². The molecule has 0 aliphatic carbocycles. The fourth-order valence-corrected chi connectivity index (χ4v) is 1.90. The molecule has 0 saturated heterocycles. The van der Waals surface area contributed by atoms with Crippen molar-refractivity contribution in [2.24, 2.45) is 5.73 Å². The van der Waals surface area contributed by atoms with Crippen molar-refractivity contribution >= 4 is 5.97 Å². The highest BCUT2D eigenvalue weighted by Crippen LogP contribution is 2.14. The number of carboxylic acid groups (broad SMARTS) is 1. The summed E-state index contributed by atoms with van der Waals surface area (Å²) >= 11 is 0. The molecule has 96 valence electrons. The molecule has 6 heteroatoms. The molecule has 0 heterocycles. The maximum atomic E-state index is 10.6. The molecule has 0 fully saturated rings. The third kappa shape index (κ3) is 4.05. The van der Waals surface area contributed by atoms with E-state index in [-0.39, 0.29) is 18.5 Å². The summed E-state index contributed by atoms with van der Waals surface area (Å²) in [7, 11) is 5.52. The third-order valence-electron chi connectivity index (χ3n) is 3.09. The lowest BCUT2D eigenvalue weighted by Crippen LogP contribution is -2.66. The van der Waals surface area contributed by atoms with Gasteiger partial charge in [-0.15, -0.1) is 0 Å². The zero-order valence-electron chi connectivity index (χ0n) is 10.5. The summed E-state index contributed by atoms with van der Waals surface area (Å²) in [4.78, 5) is 10.6. The summed E-state index contributed by atoms with van der Waals surface area (Å²) in [5.41, 5.74) is 5.42. The molecule has 0 radical (unpaired) electrons. The van der Waals surface area contributed by atoms with E-state index in [2.05, 4.69) is 16.0 Å². The zero-order valence-corrected chi connectivity index (χ0v) is 10.5. The van der Waals surface area contributed by atoms with Crippen LogP contribution in [0.2, 0.25) is 0 Å². The molecule has 2 unspecified atom stereocenters. The van der Waals surface area contributed by atoms with Crippen molar-refractivity contribution in [1.82, 2.24) is 16.0 Å². The van der Waals surface area contributed by atoms with Gasteiger partial charge in [0, 0.05) is 12.1 Å². The molecule has 0 bridgehead atoms. The Hall–Kier alpha value is -0.690. The number of carbonyl (C=O) groups is 1. The fraction of sp³-hybridized carbons (Fsp3) is 0.900. The first kappa shape index (κ1) is 15.3. The van der Waals surface area contributed by atoms with Crippen LogP contribution < -0.4 is 21.7 Å². The molecule has 0 aromatic rings. The summed E-state index contributed by atoms with van der Waals surface area (Å²) in [6.07, 6.45) is 0.510. The molecule has 6 N–H and O–H groups in total. The molecule has 6 nitrogen and oxygen atoms in total. The molecular formula is C10H24N4O2. The minimum Gasteiger partial charge on any atom is -0.481 e. The summed E-state index contributed by atoms with van der Waals surface area (Å²) in [5.74, 6) is -0.870. The first-order valence-corrected chi connectivity index (χ1v) is 5.44. The lowest BCUT2D eigenvalue weighted by atomic mass is 9.92. The van der Waals surface area contributed by atoms with Gasteiger partial charge in [0.25, 0.3) is 0 Å². The van der Waals surface area contributed by atoms with Crippen molar-refractivity contribution in [3.05, 3.63) is 0 Å². The van der Waals surface area contributed by atoms with Crippen molar-refractivity contribution in [3.63, 3.8) is 0 Å². The van der Waals surface area contributed by atoms with Gasteiger partial charge in [-0.1, -0.05) is 0 Å². The highest BCUT2D eigenvalue weighted by Gasteiger charge is 2.34. The number of hydrogen-bond acceptors (Lipinski definition) is 5. The molecule has 0 aromatic carbocycles. The predicted molar refractivity (Wildman–Crippen MR) is 64.2 cm³/mol. The average Bonchev–Trinajstić information content (AvgIpc) is 2.23. The number of rotatable bonds is 8. The summed E-state index contributed by atoms with van der Waals surface area (Å²) in [5, 5.41) is 18.2. The monoisotopic (exact) mass is 232 g/mol. The van der Waals surface area contributed by atoms with E-state index < -0.39 is 11.6 Å². The Morgan fingerprint density at radius 1 is 1.38 bits per heavy atom. The predicted octanol–water partition coefficient (Wildman–Crippen LogP) is -1.08. The van der Waals surface area contributed by atoms with Crippen LogP contribution in [0.4, 0.5) is 0 Å². The van der Waals surface area contributed by atoms with E-state index in [9.17, 15) is 4.79 Å². The Kier molecular flexibility index (Phi) is 6.51. The molecule has 0 amide bonds. The van der Waals surface area contributed by atoms with Crippen LogP contribution in [0, 0.1) is 0 Å². The van der Waals surface area contributed by atoms with E-state index >= 15 is 0 Å². The topological polar surface area (TPSA) is 99.4 Å². The average molecular weight is 232 g/mol. The maximum absolute atomic E-state index is 10.6. The van der Waals surface area contributed by atoms with Crippen molar-refractivity contribution in [2.45, 2.75) is 37.5 Å². The van der Waals surface area contributed by atoms with Crippen LogP contribution in [0.25, 0.3) is 0 Å². The Morgan fingerprint density at radius 3 is 2.19 bits per heavy atom. The number of aliphatic carboxylic acids is 1. The summed E-state index contributed by atoms with van der Waals surface area (Å²) < 4.78 is 0. The van der Waals surface area contributed by atoms with E-state index in [4.69, 9.17) is 10.8 Å². The third-order valence-corrected chi connectivity index (χ3v) is 3.09. The lowest BCUT2D eigenvalue weighted by molar-refractivity contribution is -0.137. The molecule has 0 saturated carbocycles. The van der Waals surface area contributed by atoms with Crippen LogP contribution in [0.3, 0.4) is 0 Å². The van der Waals surface area contributed by atoms with Gasteiger partial charge in [0.2, 0.25) is 0 Å². The quantitative estimate of drug-likeness (QED) is 0.341. The van der Waals surface area contributed by atoms with Gasteiger partial charge in [0.05, 0.1) is 12.1 Å². The number of likely N-dealkylation sites (N-methyl/N-ethyl adjacent to an activating group) is 3. The van der Waals surface area contributed by atoms with Crippen molar-refractivity contribution in [2.75, 3.05) is 21.1 Å². The zero-order chi connectivity index (χ0) is 12.8.